The minimum atomic E-state index is -4.97. The van der Waals surface area contributed by atoms with E-state index in [-0.39, 0.29) is 18.2 Å². The molecule has 0 aliphatic heterocycles. The van der Waals surface area contributed by atoms with Gasteiger partial charge in [-0.3, -0.25) is 0 Å². The van der Waals surface area contributed by atoms with Gasteiger partial charge in [-0.05, 0) is 62.1 Å². The third kappa shape index (κ3) is 6.07. The van der Waals surface area contributed by atoms with Gasteiger partial charge in [-0.2, -0.15) is 26.3 Å². The first kappa shape index (κ1) is 25.5. The highest BCUT2D eigenvalue weighted by atomic mass is 19.4. The van der Waals surface area contributed by atoms with Crippen LogP contribution in [0.25, 0.3) is 0 Å². The first-order valence-electron chi connectivity index (χ1n) is 10.7. The summed E-state index contributed by atoms with van der Waals surface area (Å²) in [7, 11) is 1.88. The van der Waals surface area contributed by atoms with Crippen LogP contribution in [0.15, 0.2) is 48.5 Å². The number of benzene rings is 2. The van der Waals surface area contributed by atoms with Crippen LogP contribution in [-0.4, -0.2) is 31.4 Å². The molecular weight excluding hydrogens is 448 g/mol. The predicted molar refractivity (Wildman–Crippen MR) is 112 cm³/mol. The van der Waals surface area contributed by atoms with Crippen molar-refractivity contribution in [1.82, 2.24) is 5.32 Å². The van der Waals surface area contributed by atoms with Gasteiger partial charge in [-0.1, -0.05) is 30.3 Å². The SMILES string of the molecule is CNC1CCC(COC(CO)c2cc(C(F)(F)F)cc(C(F)(F)F)c2)(c2ccccc2)CC1. The summed E-state index contributed by atoms with van der Waals surface area (Å²) in [6.45, 7) is -0.682. The molecule has 0 bridgehead atoms. The Morgan fingerprint density at radius 2 is 1.52 bits per heavy atom. The molecule has 1 saturated carbocycles. The number of hydrogen-bond acceptors (Lipinski definition) is 3. The van der Waals surface area contributed by atoms with Crippen molar-refractivity contribution in [1.29, 1.82) is 0 Å². The summed E-state index contributed by atoms with van der Waals surface area (Å²) in [5.41, 5.74) is -2.66. The zero-order valence-electron chi connectivity index (χ0n) is 18.1. The Kier molecular flexibility index (Phi) is 7.76. The van der Waals surface area contributed by atoms with E-state index in [0.29, 0.717) is 18.2 Å². The number of aliphatic hydroxyl groups excluding tert-OH is 1. The topological polar surface area (TPSA) is 41.5 Å². The molecule has 2 aromatic rings. The average Bonchev–Trinajstić information content (AvgIpc) is 2.79. The smallest absolute Gasteiger partial charge is 0.393 e. The number of ether oxygens (including phenoxy) is 1. The maximum atomic E-state index is 13.3. The van der Waals surface area contributed by atoms with E-state index in [1.807, 2.05) is 37.4 Å². The molecule has 1 atom stereocenters. The molecule has 0 heterocycles. The van der Waals surface area contributed by atoms with Crippen molar-refractivity contribution < 1.29 is 36.2 Å². The van der Waals surface area contributed by atoms with Gasteiger partial charge >= 0.3 is 12.4 Å². The van der Waals surface area contributed by atoms with Gasteiger partial charge in [0.15, 0.2) is 0 Å². The van der Waals surface area contributed by atoms with E-state index in [0.717, 1.165) is 31.2 Å². The monoisotopic (exact) mass is 475 g/mol. The van der Waals surface area contributed by atoms with Crippen LogP contribution in [0.5, 0.6) is 0 Å². The van der Waals surface area contributed by atoms with Crippen molar-refractivity contribution in [2.75, 3.05) is 20.3 Å². The van der Waals surface area contributed by atoms with Gasteiger partial charge in [0.1, 0.15) is 6.10 Å². The van der Waals surface area contributed by atoms with Crippen LogP contribution in [0.4, 0.5) is 26.3 Å². The predicted octanol–water partition coefficient (Wildman–Crippen LogP) is 5.87. The molecule has 1 unspecified atom stereocenters. The first-order chi connectivity index (χ1) is 15.5. The van der Waals surface area contributed by atoms with Crippen molar-refractivity contribution in [3.8, 4) is 0 Å². The molecule has 0 saturated heterocycles. The van der Waals surface area contributed by atoms with Gasteiger partial charge in [-0.15, -0.1) is 0 Å². The lowest BCUT2D eigenvalue weighted by atomic mass is 9.68. The van der Waals surface area contributed by atoms with Crippen LogP contribution in [0.3, 0.4) is 0 Å². The molecule has 1 fully saturated rings. The molecule has 0 amide bonds. The van der Waals surface area contributed by atoms with Crippen molar-refractivity contribution in [3.63, 3.8) is 0 Å². The van der Waals surface area contributed by atoms with Crippen molar-refractivity contribution >= 4 is 0 Å². The Bertz CT molecular complexity index is 873. The summed E-state index contributed by atoms with van der Waals surface area (Å²) >= 11 is 0. The fraction of sp³-hybridized carbons (Fsp3) is 0.500. The minimum Gasteiger partial charge on any atom is -0.393 e. The van der Waals surface area contributed by atoms with E-state index >= 15 is 0 Å². The fourth-order valence-corrected chi connectivity index (χ4v) is 4.45. The molecular formula is C24H27F6NO2. The Hall–Kier alpha value is -2.10. The number of hydrogen-bond donors (Lipinski definition) is 2. The zero-order valence-corrected chi connectivity index (χ0v) is 18.1. The van der Waals surface area contributed by atoms with E-state index in [1.54, 1.807) is 0 Å². The summed E-state index contributed by atoms with van der Waals surface area (Å²) in [4.78, 5) is 0. The molecule has 1 aliphatic rings. The van der Waals surface area contributed by atoms with Crippen molar-refractivity contribution in [2.24, 2.45) is 0 Å². The average molecular weight is 475 g/mol. The van der Waals surface area contributed by atoms with Gasteiger partial charge in [0.25, 0.3) is 0 Å². The first-order valence-corrected chi connectivity index (χ1v) is 10.7. The Morgan fingerprint density at radius 1 is 0.970 bits per heavy atom. The van der Waals surface area contributed by atoms with E-state index in [9.17, 15) is 31.4 Å². The molecule has 1 aliphatic carbocycles. The lowest BCUT2D eigenvalue weighted by Crippen LogP contribution is -2.41. The molecule has 0 aromatic heterocycles. The van der Waals surface area contributed by atoms with Crippen LogP contribution < -0.4 is 5.32 Å². The van der Waals surface area contributed by atoms with Gasteiger partial charge in [0, 0.05) is 11.5 Å². The highest BCUT2D eigenvalue weighted by molar-refractivity contribution is 5.35. The molecule has 2 aromatic carbocycles. The van der Waals surface area contributed by atoms with Gasteiger partial charge in [-0.25, -0.2) is 0 Å². The van der Waals surface area contributed by atoms with Crippen molar-refractivity contribution in [3.05, 3.63) is 70.8 Å². The number of aliphatic hydroxyl groups is 1. The molecule has 9 heteroatoms. The standard InChI is InChI=1S/C24H27F6NO2/c1-31-20-7-9-22(10-8-20,17-5-3-2-4-6-17)15-33-21(14-32)16-11-18(23(25,26)27)13-19(12-16)24(28,29)30/h2-6,11-13,20-21,31-32H,7-10,14-15H2,1H3. The minimum absolute atomic E-state index is 0.0657. The number of rotatable bonds is 7. The second kappa shape index (κ2) is 10.0. The number of halogens is 6. The second-order valence-corrected chi connectivity index (χ2v) is 8.53. The summed E-state index contributed by atoms with van der Waals surface area (Å²) < 4.78 is 85.4. The second-order valence-electron chi connectivity index (χ2n) is 8.53. The largest absolute Gasteiger partial charge is 0.416 e. The van der Waals surface area contributed by atoms with Crippen molar-refractivity contribution in [2.45, 2.75) is 55.6 Å². The number of alkyl halides is 6. The molecule has 0 spiro atoms. The third-order valence-corrected chi connectivity index (χ3v) is 6.45. The van der Waals surface area contributed by atoms with Gasteiger partial charge in [0.05, 0.1) is 24.3 Å². The van der Waals surface area contributed by atoms with E-state index in [4.69, 9.17) is 4.74 Å². The van der Waals surface area contributed by atoms with Gasteiger partial charge < -0.3 is 15.2 Å². The zero-order chi connectivity index (χ0) is 24.3. The lowest BCUT2D eigenvalue weighted by molar-refractivity contribution is -0.143. The summed E-state index contributed by atoms with van der Waals surface area (Å²) in [6.07, 6.45) is -8.09. The molecule has 0 radical (unpaired) electrons. The molecule has 3 nitrogen and oxygen atoms in total. The quantitative estimate of drug-likeness (QED) is 0.492. The maximum absolute atomic E-state index is 13.3. The molecule has 182 valence electrons. The Balaban J connectivity index is 1.90. The number of nitrogens with one attached hydrogen (secondary N) is 1. The molecule has 3 rings (SSSR count). The van der Waals surface area contributed by atoms with Crippen LogP contribution in [0.1, 0.15) is 54.0 Å². The van der Waals surface area contributed by atoms with Crippen LogP contribution >= 0.6 is 0 Å². The molecule has 2 N–H and O–H groups in total. The third-order valence-electron chi connectivity index (χ3n) is 6.45. The summed E-state index contributed by atoms with van der Waals surface area (Å²) in [5.74, 6) is 0. The molecule has 33 heavy (non-hydrogen) atoms. The maximum Gasteiger partial charge on any atom is 0.416 e. The van der Waals surface area contributed by atoms with E-state index < -0.39 is 41.6 Å². The fourth-order valence-electron chi connectivity index (χ4n) is 4.45. The van der Waals surface area contributed by atoms with E-state index in [1.165, 1.54) is 0 Å². The summed E-state index contributed by atoms with van der Waals surface area (Å²) in [5, 5.41) is 13.1. The Morgan fingerprint density at radius 3 is 1.97 bits per heavy atom. The van der Waals surface area contributed by atoms with Gasteiger partial charge in [0.2, 0.25) is 0 Å². The van der Waals surface area contributed by atoms with Crippen LogP contribution in [0, 0.1) is 0 Å². The van der Waals surface area contributed by atoms with Crippen LogP contribution in [0.2, 0.25) is 0 Å². The van der Waals surface area contributed by atoms with E-state index in [2.05, 4.69) is 5.32 Å². The Labute approximate surface area is 188 Å². The lowest BCUT2D eigenvalue weighted by Gasteiger charge is -2.41. The van der Waals surface area contributed by atoms with Crippen LogP contribution in [-0.2, 0) is 22.5 Å². The highest BCUT2D eigenvalue weighted by Gasteiger charge is 2.40. The highest BCUT2D eigenvalue weighted by Crippen LogP contribution is 2.42. The summed E-state index contributed by atoms with van der Waals surface area (Å²) in [6, 6.07) is 11.2. The normalized spacial score (nSPS) is 22.8.